The molecular formula is C16H13ClN2OS2. The zero-order chi connectivity index (χ0) is 15.5. The molecule has 0 aliphatic heterocycles. The fourth-order valence-electron chi connectivity index (χ4n) is 1.90. The first-order valence-corrected chi connectivity index (χ1v) is 8.83. The van der Waals surface area contributed by atoms with E-state index in [0.29, 0.717) is 10.8 Å². The summed E-state index contributed by atoms with van der Waals surface area (Å²) in [5, 5.41) is 3.55. The highest BCUT2D eigenvalue weighted by Crippen LogP contribution is 2.31. The lowest BCUT2D eigenvalue weighted by atomic mass is 10.2. The Hall–Kier alpha value is -1.56. The molecule has 1 aromatic heterocycles. The molecule has 0 aliphatic rings. The van der Waals surface area contributed by atoms with E-state index in [-0.39, 0.29) is 5.91 Å². The Balaban J connectivity index is 1.61. The van der Waals surface area contributed by atoms with Gasteiger partial charge in [0.2, 0.25) is 5.91 Å². The van der Waals surface area contributed by atoms with E-state index in [2.05, 4.69) is 10.3 Å². The summed E-state index contributed by atoms with van der Waals surface area (Å²) in [5.41, 5.74) is 2.85. The number of hydrogen-bond acceptors (Lipinski definition) is 4. The second-order valence-electron chi connectivity index (χ2n) is 4.79. The highest BCUT2D eigenvalue weighted by Gasteiger charge is 2.08. The highest BCUT2D eigenvalue weighted by molar-refractivity contribution is 8.01. The predicted molar refractivity (Wildman–Crippen MR) is 95.2 cm³/mol. The molecule has 3 aromatic rings. The third-order valence-electron chi connectivity index (χ3n) is 2.99. The minimum absolute atomic E-state index is 0.0360. The summed E-state index contributed by atoms with van der Waals surface area (Å²) < 4.78 is 1.95. The first-order valence-electron chi connectivity index (χ1n) is 6.65. The number of carbonyl (C=O) groups is 1. The first-order chi connectivity index (χ1) is 10.6. The average molecular weight is 349 g/mol. The second-order valence-corrected chi connectivity index (χ2v) is 7.48. The molecule has 0 saturated carbocycles. The number of rotatable bonds is 4. The predicted octanol–water partition coefficient (Wildman–Crippen LogP) is 4.99. The summed E-state index contributed by atoms with van der Waals surface area (Å²) in [6, 6.07) is 13.4. The van der Waals surface area contributed by atoms with Crippen molar-refractivity contribution in [2.24, 2.45) is 0 Å². The first kappa shape index (κ1) is 15.3. The topological polar surface area (TPSA) is 42.0 Å². The fourth-order valence-corrected chi connectivity index (χ4v) is 3.92. The van der Waals surface area contributed by atoms with E-state index in [0.717, 1.165) is 20.2 Å². The maximum atomic E-state index is 12.0. The van der Waals surface area contributed by atoms with Gasteiger partial charge in [0.1, 0.15) is 0 Å². The average Bonchev–Trinajstić information content (AvgIpc) is 2.89. The Morgan fingerprint density at radius 2 is 2.05 bits per heavy atom. The molecule has 2 aromatic carbocycles. The molecule has 112 valence electrons. The molecule has 0 aliphatic carbocycles. The monoisotopic (exact) mass is 348 g/mol. The molecule has 6 heteroatoms. The third-order valence-corrected chi connectivity index (χ3v) is 5.41. The fraction of sp³-hybridized carbons (Fsp3) is 0.125. The molecule has 0 saturated heterocycles. The number of amides is 1. The molecule has 0 spiro atoms. The van der Waals surface area contributed by atoms with Crippen LogP contribution in [0.4, 0.5) is 5.69 Å². The lowest BCUT2D eigenvalue weighted by Crippen LogP contribution is -2.13. The van der Waals surface area contributed by atoms with E-state index in [1.807, 2.05) is 49.4 Å². The van der Waals surface area contributed by atoms with Crippen LogP contribution < -0.4 is 5.32 Å². The Kier molecular flexibility index (Phi) is 4.66. The molecule has 0 atom stereocenters. The molecular weight excluding hydrogens is 336 g/mol. The van der Waals surface area contributed by atoms with Gasteiger partial charge in [0.15, 0.2) is 4.34 Å². The van der Waals surface area contributed by atoms with Crippen LogP contribution in [-0.4, -0.2) is 16.6 Å². The van der Waals surface area contributed by atoms with Gasteiger partial charge in [0.25, 0.3) is 0 Å². The number of fused-ring (bicyclic) bond motifs is 1. The van der Waals surface area contributed by atoms with Gasteiger partial charge < -0.3 is 5.32 Å². The lowest BCUT2D eigenvalue weighted by molar-refractivity contribution is -0.113. The van der Waals surface area contributed by atoms with Gasteiger partial charge in [-0.15, -0.1) is 11.3 Å². The van der Waals surface area contributed by atoms with Crippen LogP contribution in [0.3, 0.4) is 0 Å². The summed E-state index contributed by atoms with van der Waals surface area (Å²) in [6.07, 6.45) is 0. The van der Waals surface area contributed by atoms with Gasteiger partial charge in [-0.2, -0.15) is 0 Å². The summed E-state index contributed by atoms with van der Waals surface area (Å²) >= 11 is 8.95. The van der Waals surface area contributed by atoms with Crippen molar-refractivity contribution in [2.45, 2.75) is 11.3 Å². The molecule has 0 unspecified atom stereocenters. The van der Waals surface area contributed by atoms with Crippen LogP contribution in [0.5, 0.6) is 0 Å². The van der Waals surface area contributed by atoms with Crippen LogP contribution in [0.1, 0.15) is 5.56 Å². The molecule has 0 fully saturated rings. The van der Waals surface area contributed by atoms with Crippen LogP contribution >= 0.6 is 34.7 Å². The van der Waals surface area contributed by atoms with Crippen molar-refractivity contribution in [1.29, 1.82) is 0 Å². The number of halogens is 1. The number of anilines is 1. The Morgan fingerprint density at radius 1 is 1.27 bits per heavy atom. The Bertz CT molecular complexity index is 815. The largest absolute Gasteiger partial charge is 0.325 e. The summed E-state index contributed by atoms with van der Waals surface area (Å²) in [7, 11) is 0. The third kappa shape index (κ3) is 3.80. The number of thioether (sulfide) groups is 1. The molecule has 0 bridgehead atoms. The molecule has 3 nitrogen and oxygen atoms in total. The number of nitrogens with zero attached hydrogens (tertiary/aromatic N) is 1. The minimum Gasteiger partial charge on any atom is -0.325 e. The molecule has 1 amide bonds. The standard InChI is InChI=1S/C16H13ClN2OS2/c1-10-2-5-12(6-3-10)18-15(20)9-21-16-19-13-8-11(17)4-7-14(13)22-16/h2-8H,9H2,1H3,(H,18,20). The summed E-state index contributed by atoms with van der Waals surface area (Å²) in [4.78, 5) is 16.4. The van der Waals surface area contributed by atoms with Crippen molar-refractivity contribution in [3.05, 3.63) is 53.1 Å². The smallest absolute Gasteiger partial charge is 0.234 e. The van der Waals surface area contributed by atoms with Gasteiger partial charge in [-0.1, -0.05) is 41.1 Å². The van der Waals surface area contributed by atoms with Crippen molar-refractivity contribution < 1.29 is 4.79 Å². The molecule has 22 heavy (non-hydrogen) atoms. The number of thiazole rings is 1. The second kappa shape index (κ2) is 6.69. The molecule has 3 rings (SSSR count). The van der Waals surface area contributed by atoms with Crippen molar-refractivity contribution in [3.63, 3.8) is 0 Å². The van der Waals surface area contributed by atoms with Crippen molar-refractivity contribution >= 4 is 56.5 Å². The van der Waals surface area contributed by atoms with Gasteiger partial charge in [-0.05, 0) is 37.3 Å². The van der Waals surface area contributed by atoms with Gasteiger partial charge >= 0.3 is 0 Å². The van der Waals surface area contributed by atoms with E-state index in [9.17, 15) is 4.79 Å². The van der Waals surface area contributed by atoms with Crippen LogP contribution in [0.15, 0.2) is 46.8 Å². The normalized spacial score (nSPS) is 10.8. The van der Waals surface area contributed by atoms with Gasteiger partial charge in [0, 0.05) is 10.7 Å². The van der Waals surface area contributed by atoms with E-state index < -0.39 is 0 Å². The van der Waals surface area contributed by atoms with Crippen LogP contribution in [0.2, 0.25) is 5.02 Å². The minimum atomic E-state index is -0.0360. The maximum absolute atomic E-state index is 12.0. The van der Waals surface area contributed by atoms with E-state index in [1.54, 1.807) is 11.3 Å². The van der Waals surface area contributed by atoms with Gasteiger partial charge in [-0.3, -0.25) is 4.79 Å². The highest BCUT2D eigenvalue weighted by atomic mass is 35.5. The number of benzene rings is 2. The van der Waals surface area contributed by atoms with Crippen molar-refractivity contribution in [3.8, 4) is 0 Å². The number of aromatic nitrogens is 1. The van der Waals surface area contributed by atoms with Crippen molar-refractivity contribution in [2.75, 3.05) is 11.1 Å². The van der Waals surface area contributed by atoms with E-state index >= 15 is 0 Å². The Labute approximate surface area is 141 Å². The Morgan fingerprint density at radius 3 is 2.82 bits per heavy atom. The van der Waals surface area contributed by atoms with Gasteiger partial charge in [-0.25, -0.2) is 4.98 Å². The quantitative estimate of drug-likeness (QED) is 0.675. The van der Waals surface area contributed by atoms with Crippen molar-refractivity contribution in [1.82, 2.24) is 4.98 Å². The van der Waals surface area contributed by atoms with Crippen LogP contribution in [-0.2, 0) is 4.79 Å². The lowest BCUT2D eigenvalue weighted by Gasteiger charge is -2.04. The summed E-state index contributed by atoms with van der Waals surface area (Å²) in [5.74, 6) is 0.299. The number of carbonyl (C=O) groups excluding carboxylic acids is 1. The van der Waals surface area contributed by atoms with E-state index in [4.69, 9.17) is 11.6 Å². The number of aryl methyl sites for hydroxylation is 1. The zero-order valence-corrected chi connectivity index (χ0v) is 14.2. The molecule has 0 radical (unpaired) electrons. The van der Waals surface area contributed by atoms with Gasteiger partial charge in [0.05, 0.1) is 16.0 Å². The maximum Gasteiger partial charge on any atom is 0.234 e. The van der Waals surface area contributed by atoms with Crippen LogP contribution in [0.25, 0.3) is 10.2 Å². The molecule has 1 heterocycles. The molecule has 1 N–H and O–H groups in total. The summed E-state index contributed by atoms with van der Waals surface area (Å²) in [6.45, 7) is 2.01. The van der Waals surface area contributed by atoms with E-state index in [1.165, 1.54) is 17.3 Å². The van der Waals surface area contributed by atoms with Crippen LogP contribution in [0, 0.1) is 6.92 Å². The number of hydrogen-bond donors (Lipinski definition) is 1. The zero-order valence-electron chi connectivity index (χ0n) is 11.8. The number of nitrogens with one attached hydrogen (secondary N) is 1. The SMILES string of the molecule is Cc1ccc(NC(=O)CSc2nc3cc(Cl)ccc3s2)cc1.